The number of benzene rings is 2. The van der Waals surface area contributed by atoms with Gasteiger partial charge in [0.05, 0.1) is 17.5 Å². The van der Waals surface area contributed by atoms with Crippen LogP contribution in [0, 0.1) is 5.82 Å². The summed E-state index contributed by atoms with van der Waals surface area (Å²) in [5.41, 5.74) is 4.12. The Bertz CT molecular complexity index is 1030. The summed E-state index contributed by atoms with van der Waals surface area (Å²) in [6.07, 6.45) is 2.20. The van der Waals surface area contributed by atoms with Gasteiger partial charge in [0.15, 0.2) is 0 Å². The van der Waals surface area contributed by atoms with Gasteiger partial charge < -0.3 is 10.2 Å². The highest BCUT2D eigenvalue weighted by molar-refractivity contribution is 6.08. The van der Waals surface area contributed by atoms with E-state index in [1.807, 2.05) is 12.1 Å². The summed E-state index contributed by atoms with van der Waals surface area (Å²) in [7, 11) is 0. The fourth-order valence-electron chi connectivity index (χ4n) is 3.30. The highest BCUT2D eigenvalue weighted by Gasteiger charge is 2.23. The molecule has 2 N–H and O–H groups in total. The minimum Gasteiger partial charge on any atom is -0.322 e. The number of nitrogens with one attached hydrogen (secondary N) is 2. The molecule has 0 saturated heterocycles. The summed E-state index contributed by atoms with van der Waals surface area (Å²) in [6, 6.07) is 11.3. The standard InChI is InChI=1S/C20H17FN4O2/c1-12(26)25-9-8-14-10-16(6-7-18(14)25)23-20(27)17-11-22-24-19(17)13-2-4-15(21)5-3-13/h2-7,10-11H,8-9H2,1H3,(H,22,24)(H,23,27). The van der Waals surface area contributed by atoms with Crippen LogP contribution >= 0.6 is 0 Å². The number of anilines is 2. The SMILES string of the molecule is CC(=O)N1CCc2cc(NC(=O)c3cn[nH]c3-c3ccc(F)cc3)ccc21. The van der Waals surface area contributed by atoms with Crippen LogP contribution in [0.3, 0.4) is 0 Å². The molecule has 136 valence electrons. The highest BCUT2D eigenvalue weighted by Crippen LogP contribution is 2.31. The zero-order valence-electron chi connectivity index (χ0n) is 14.6. The van der Waals surface area contributed by atoms with Crippen molar-refractivity contribution in [2.45, 2.75) is 13.3 Å². The molecule has 0 fully saturated rings. The number of fused-ring (bicyclic) bond motifs is 1. The van der Waals surface area contributed by atoms with E-state index in [9.17, 15) is 14.0 Å². The maximum atomic E-state index is 13.1. The maximum Gasteiger partial charge on any atom is 0.259 e. The molecule has 6 nitrogen and oxygen atoms in total. The Labute approximate surface area is 155 Å². The maximum absolute atomic E-state index is 13.1. The molecule has 1 aromatic heterocycles. The number of carbonyl (C=O) groups is 2. The lowest BCUT2D eigenvalue weighted by atomic mass is 10.1. The summed E-state index contributed by atoms with van der Waals surface area (Å²) < 4.78 is 13.1. The van der Waals surface area contributed by atoms with Crippen molar-refractivity contribution in [1.29, 1.82) is 0 Å². The lowest BCUT2D eigenvalue weighted by Crippen LogP contribution is -2.25. The van der Waals surface area contributed by atoms with Crippen LogP contribution in [0.4, 0.5) is 15.8 Å². The second kappa shape index (κ2) is 6.68. The Hall–Kier alpha value is -3.48. The van der Waals surface area contributed by atoms with Gasteiger partial charge in [-0.15, -0.1) is 0 Å². The Morgan fingerprint density at radius 2 is 1.96 bits per heavy atom. The summed E-state index contributed by atoms with van der Waals surface area (Å²) >= 11 is 0. The second-order valence-corrected chi connectivity index (χ2v) is 6.38. The summed E-state index contributed by atoms with van der Waals surface area (Å²) in [6.45, 7) is 2.19. The molecule has 0 radical (unpaired) electrons. The van der Waals surface area contributed by atoms with E-state index in [2.05, 4.69) is 15.5 Å². The first kappa shape index (κ1) is 17.0. The van der Waals surface area contributed by atoms with Gasteiger partial charge in [0.1, 0.15) is 5.82 Å². The van der Waals surface area contributed by atoms with E-state index in [0.717, 1.165) is 17.7 Å². The average Bonchev–Trinajstić information content (AvgIpc) is 3.29. The van der Waals surface area contributed by atoms with Crippen molar-refractivity contribution in [2.75, 3.05) is 16.8 Å². The molecule has 27 heavy (non-hydrogen) atoms. The van der Waals surface area contributed by atoms with E-state index in [4.69, 9.17) is 0 Å². The topological polar surface area (TPSA) is 78.1 Å². The number of carbonyl (C=O) groups excluding carboxylic acids is 2. The van der Waals surface area contributed by atoms with Gasteiger partial charge >= 0.3 is 0 Å². The number of aromatic nitrogens is 2. The van der Waals surface area contributed by atoms with Crippen molar-refractivity contribution >= 4 is 23.2 Å². The first-order valence-corrected chi connectivity index (χ1v) is 8.54. The first-order valence-electron chi connectivity index (χ1n) is 8.54. The number of nitrogens with zero attached hydrogens (tertiary/aromatic N) is 2. The van der Waals surface area contributed by atoms with Crippen molar-refractivity contribution in [3.8, 4) is 11.3 Å². The van der Waals surface area contributed by atoms with E-state index in [1.54, 1.807) is 30.0 Å². The predicted octanol–water partition coefficient (Wildman–Crippen LogP) is 3.38. The van der Waals surface area contributed by atoms with Gasteiger partial charge in [-0.25, -0.2) is 4.39 Å². The fourth-order valence-corrected chi connectivity index (χ4v) is 3.30. The van der Waals surface area contributed by atoms with E-state index < -0.39 is 0 Å². The zero-order valence-corrected chi connectivity index (χ0v) is 14.6. The van der Waals surface area contributed by atoms with E-state index >= 15 is 0 Å². The van der Waals surface area contributed by atoms with Gasteiger partial charge in [-0.1, -0.05) is 0 Å². The van der Waals surface area contributed by atoms with Crippen LogP contribution in [0.25, 0.3) is 11.3 Å². The second-order valence-electron chi connectivity index (χ2n) is 6.38. The molecule has 2 heterocycles. The molecule has 0 saturated carbocycles. The van der Waals surface area contributed by atoms with Crippen LogP contribution < -0.4 is 10.2 Å². The Morgan fingerprint density at radius 3 is 2.70 bits per heavy atom. The van der Waals surface area contributed by atoms with Crippen LogP contribution in [0.5, 0.6) is 0 Å². The molecule has 1 aliphatic rings. The van der Waals surface area contributed by atoms with Crippen LogP contribution in [0.2, 0.25) is 0 Å². The van der Waals surface area contributed by atoms with Crippen molar-refractivity contribution < 1.29 is 14.0 Å². The molecule has 2 aromatic carbocycles. The van der Waals surface area contributed by atoms with Crippen molar-refractivity contribution in [3.63, 3.8) is 0 Å². The Morgan fingerprint density at radius 1 is 1.19 bits per heavy atom. The number of amides is 2. The van der Waals surface area contributed by atoms with Crippen LogP contribution in [-0.2, 0) is 11.2 Å². The van der Waals surface area contributed by atoms with Gasteiger partial charge in [0.2, 0.25) is 5.91 Å². The summed E-state index contributed by atoms with van der Waals surface area (Å²) in [4.78, 5) is 26.1. The smallest absolute Gasteiger partial charge is 0.259 e. The predicted molar refractivity (Wildman–Crippen MR) is 100 cm³/mol. The largest absolute Gasteiger partial charge is 0.322 e. The van der Waals surface area contributed by atoms with Crippen LogP contribution in [0.1, 0.15) is 22.8 Å². The normalized spacial score (nSPS) is 12.7. The molecule has 0 spiro atoms. The van der Waals surface area contributed by atoms with Gasteiger partial charge in [0.25, 0.3) is 5.91 Å². The summed E-state index contributed by atoms with van der Waals surface area (Å²) in [5.74, 6) is -0.653. The highest BCUT2D eigenvalue weighted by atomic mass is 19.1. The number of aromatic amines is 1. The number of halogens is 1. The minimum absolute atomic E-state index is 0.00729. The van der Waals surface area contributed by atoms with Crippen molar-refractivity contribution in [2.24, 2.45) is 0 Å². The molecule has 2 amide bonds. The lowest BCUT2D eigenvalue weighted by Gasteiger charge is -2.15. The molecule has 0 bridgehead atoms. The lowest BCUT2D eigenvalue weighted by molar-refractivity contribution is -0.116. The average molecular weight is 364 g/mol. The van der Waals surface area contributed by atoms with E-state index in [0.29, 0.717) is 29.1 Å². The molecule has 0 aliphatic carbocycles. The number of H-pyrrole nitrogens is 1. The molecule has 0 atom stereocenters. The molecular formula is C20H17FN4O2. The monoisotopic (exact) mass is 364 g/mol. The Balaban J connectivity index is 1.57. The molecule has 7 heteroatoms. The van der Waals surface area contributed by atoms with Crippen LogP contribution in [-0.4, -0.2) is 28.6 Å². The van der Waals surface area contributed by atoms with E-state index in [-0.39, 0.29) is 17.6 Å². The van der Waals surface area contributed by atoms with Gasteiger partial charge in [-0.2, -0.15) is 5.10 Å². The Kier molecular flexibility index (Phi) is 4.19. The number of hydrogen-bond acceptors (Lipinski definition) is 3. The molecule has 3 aromatic rings. The van der Waals surface area contributed by atoms with Crippen molar-refractivity contribution in [3.05, 3.63) is 65.6 Å². The molecule has 4 rings (SSSR count). The van der Waals surface area contributed by atoms with Gasteiger partial charge in [0, 0.05) is 30.4 Å². The first-order chi connectivity index (χ1) is 13.0. The van der Waals surface area contributed by atoms with Crippen molar-refractivity contribution in [1.82, 2.24) is 10.2 Å². The molecule has 1 aliphatic heterocycles. The van der Waals surface area contributed by atoms with Gasteiger partial charge in [-0.3, -0.25) is 14.7 Å². The van der Waals surface area contributed by atoms with E-state index in [1.165, 1.54) is 18.3 Å². The quantitative estimate of drug-likeness (QED) is 0.748. The molecular weight excluding hydrogens is 347 g/mol. The number of rotatable bonds is 3. The summed E-state index contributed by atoms with van der Waals surface area (Å²) in [5, 5.41) is 9.60. The third kappa shape index (κ3) is 3.19. The minimum atomic E-state index is -0.345. The molecule has 0 unspecified atom stereocenters. The van der Waals surface area contributed by atoms with Crippen LogP contribution in [0.15, 0.2) is 48.7 Å². The third-order valence-corrected chi connectivity index (χ3v) is 4.63. The van der Waals surface area contributed by atoms with Gasteiger partial charge in [-0.05, 0) is 54.4 Å². The third-order valence-electron chi connectivity index (χ3n) is 4.63. The zero-order chi connectivity index (χ0) is 19.0. The fraction of sp³-hybridized carbons (Fsp3) is 0.150. The number of hydrogen-bond donors (Lipinski definition) is 2.